The molecular weight excluding hydrogens is 184 g/mol. The molecule has 0 spiro atoms. The van der Waals surface area contributed by atoms with E-state index in [1.165, 1.54) is 6.26 Å². The maximum atomic E-state index is 5.35. The minimum absolute atomic E-state index is 0.446. The van der Waals surface area contributed by atoms with E-state index in [1.807, 2.05) is 0 Å². The van der Waals surface area contributed by atoms with Gasteiger partial charge in [0.2, 0.25) is 11.8 Å². The van der Waals surface area contributed by atoms with Gasteiger partial charge in [-0.05, 0) is 0 Å². The van der Waals surface area contributed by atoms with Gasteiger partial charge in [-0.3, -0.25) is 0 Å². The quantitative estimate of drug-likeness (QED) is 0.744. The van der Waals surface area contributed by atoms with Crippen molar-refractivity contribution in [2.75, 3.05) is 6.54 Å². The monoisotopic (exact) mass is 194 g/mol. The molecule has 14 heavy (non-hydrogen) atoms. The van der Waals surface area contributed by atoms with Gasteiger partial charge < -0.3 is 14.7 Å². The Hall–Kier alpha value is -1.69. The first-order chi connectivity index (χ1) is 6.88. The molecule has 0 radical (unpaired) electrons. The van der Waals surface area contributed by atoms with Gasteiger partial charge in [0.05, 0.1) is 12.6 Å². The number of nitrogens with two attached hydrogens (primary N) is 1. The summed E-state index contributed by atoms with van der Waals surface area (Å²) in [7, 11) is 0. The Morgan fingerprint density at radius 3 is 3.00 bits per heavy atom. The van der Waals surface area contributed by atoms with Crippen molar-refractivity contribution >= 4 is 0 Å². The lowest BCUT2D eigenvalue weighted by Gasteiger charge is -1.86. The molecule has 74 valence electrons. The molecule has 6 nitrogen and oxygen atoms in total. The van der Waals surface area contributed by atoms with E-state index in [9.17, 15) is 0 Å². The van der Waals surface area contributed by atoms with Crippen LogP contribution in [0, 0.1) is 0 Å². The van der Waals surface area contributed by atoms with Crippen LogP contribution in [-0.4, -0.2) is 21.7 Å². The van der Waals surface area contributed by atoms with Gasteiger partial charge in [-0.15, -0.1) is 0 Å². The molecule has 0 aliphatic heterocycles. The molecule has 0 saturated heterocycles. The summed E-state index contributed by atoms with van der Waals surface area (Å²) in [6.45, 7) is 0.501. The number of hydrogen-bond donors (Lipinski definition) is 1. The van der Waals surface area contributed by atoms with Gasteiger partial charge in [0, 0.05) is 13.0 Å². The number of hydrogen-bond acceptors (Lipinski definition) is 6. The summed E-state index contributed by atoms with van der Waals surface area (Å²) in [4.78, 5) is 8.07. The Bertz CT molecular complexity index is 382. The van der Waals surface area contributed by atoms with Crippen LogP contribution in [0.4, 0.5) is 0 Å². The second kappa shape index (κ2) is 4.01. The highest BCUT2D eigenvalue weighted by atomic mass is 16.5. The van der Waals surface area contributed by atoms with E-state index < -0.39 is 0 Å². The number of aromatic nitrogens is 3. The fourth-order valence-electron chi connectivity index (χ4n) is 1.06. The molecule has 2 aromatic rings. The first kappa shape index (κ1) is 8.89. The van der Waals surface area contributed by atoms with Crippen LogP contribution < -0.4 is 5.73 Å². The van der Waals surface area contributed by atoms with E-state index in [2.05, 4.69) is 15.1 Å². The maximum absolute atomic E-state index is 5.35. The summed E-state index contributed by atoms with van der Waals surface area (Å²) in [5.74, 6) is 1.69. The largest absolute Gasteiger partial charge is 0.449 e. The molecule has 2 N–H and O–H groups in total. The number of oxazole rings is 1. The molecule has 0 bridgehead atoms. The third kappa shape index (κ3) is 1.97. The van der Waals surface area contributed by atoms with Crippen LogP contribution in [0.1, 0.15) is 17.6 Å². The van der Waals surface area contributed by atoms with Crippen LogP contribution in [-0.2, 0) is 12.8 Å². The molecule has 0 aliphatic carbocycles. The fourth-order valence-corrected chi connectivity index (χ4v) is 1.06. The van der Waals surface area contributed by atoms with Crippen molar-refractivity contribution in [2.45, 2.75) is 12.8 Å². The zero-order valence-corrected chi connectivity index (χ0v) is 7.51. The predicted molar refractivity (Wildman–Crippen MR) is 46.4 cm³/mol. The fraction of sp³-hybridized carbons (Fsp3) is 0.375. The normalized spacial score (nSPS) is 10.6. The molecule has 2 rings (SSSR count). The summed E-state index contributed by atoms with van der Waals surface area (Å²) >= 11 is 0. The SMILES string of the molecule is NCCc1nc(Cc2ncco2)no1. The van der Waals surface area contributed by atoms with E-state index >= 15 is 0 Å². The van der Waals surface area contributed by atoms with Crippen LogP contribution in [0.2, 0.25) is 0 Å². The van der Waals surface area contributed by atoms with Gasteiger partial charge in [-0.1, -0.05) is 5.16 Å². The zero-order chi connectivity index (χ0) is 9.80. The highest BCUT2D eigenvalue weighted by Gasteiger charge is 2.08. The Balaban J connectivity index is 2.03. The lowest BCUT2D eigenvalue weighted by molar-refractivity contribution is 0.373. The molecule has 0 aromatic carbocycles. The van der Waals surface area contributed by atoms with Gasteiger partial charge in [-0.2, -0.15) is 4.98 Å². The van der Waals surface area contributed by atoms with Crippen LogP contribution in [0.25, 0.3) is 0 Å². The average molecular weight is 194 g/mol. The Morgan fingerprint density at radius 2 is 2.29 bits per heavy atom. The van der Waals surface area contributed by atoms with E-state index in [0.29, 0.717) is 37.0 Å². The van der Waals surface area contributed by atoms with Crippen molar-refractivity contribution in [3.8, 4) is 0 Å². The van der Waals surface area contributed by atoms with E-state index in [0.717, 1.165) is 0 Å². The first-order valence-electron chi connectivity index (χ1n) is 4.28. The molecule has 6 heteroatoms. The summed E-state index contributed by atoms with van der Waals surface area (Å²) in [5.41, 5.74) is 5.35. The summed E-state index contributed by atoms with van der Waals surface area (Å²) < 4.78 is 9.99. The predicted octanol–water partition coefficient (Wildman–Crippen LogP) is 0.150. The minimum Gasteiger partial charge on any atom is -0.449 e. The van der Waals surface area contributed by atoms with Gasteiger partial charge in [0.1, 0.15) is 6.26 Å². The van der Waals surface area contributed by atoms with Gasteiger partial charge >= 0.3 is 0 Å². The molecule has 0 atom stereocenters. The third-order valence-corrected chi connectivity index (χ3v) is 1.66. The summed E-state index contributed by atoms with van der Waals surface area (Å²) in [5, 5.41) is 3.77. The Morgan fingerprint density at radius 1 is 1.36 bits per heavy atom. The van der Waals surface area contributed by atoms with Crippen LogP contribution >= 0.6 is 0 Å². The maximum Gasteiger partial charge on any atom is 0.227 e. The molecule has 0 saturated carbocycles. The third-order valence-electron chi connectivity index (χ3n) is 1.66. The van der Waals surface area contributed by atoms with Crippen molar-refractivity contribution in [1.29, 1.82) is 0 Å². The van der Waals surface area contributed by atoms with E-state index in [-0.39, 0.29) is 0 Å². The first-order valence-corrected chi connectivity index (χ1v) is 4.28. The van der Waals surface area contributed by atoms with Crippen LogP contribution in [0.15, 0.2) is 21.4 Å². The zero-order valence-electron chi connectivity index (χ0n) is 7.51. The van der Waals surface area contributed by atoms with Gasteiger partial charge in [0.15, 0.2) is 5.82 Å². The molecular formula is C8H10N4O2. The van der Waals surface area contributed by atoms with E-state index in [1.54, 1.807) is 6.20 Å². The average Bonchev–Trinajstić information content (AvgIpc) is 2.79. The number of nitrogens with zero attached hydrogens (tertiary/aromatic N) is 3. The van der Waals surface area contributed by atoms with Gasteiger partial charge in [-0.25, -0.2) is 4.98 Å². The molecule has 2 aromatic heterocycles. The Labute approximate surface area is 80.1 Å². The van der Waals surface area contributed by atoms with Crippen LogP contribution in [0.3, 0.4) is 0 Å². The van der Waals surface area contributed by atoms with Gasteiger partial charge in [0.25, 0.3) is 0 Å². The molecule has 2 heterocycles. The summed E-state index contributed by atoms with van der Waals surface area (Å²) in [6, 6.07) is 0. The Kier molecular flexibility index (Phi) is 2.55. The van der Waals surface area contributed by atoms with Crippen molar-refractivity contribution < 1.29 is 8.94 Å². The van der Waals surface area contributed by atoms with Crippen LogP contribution in [0.5, 0.6) is 0 Å². The lowest BCUT2D eigenvalue weighted by Crippen LogP contribution is -2.02. The lowest BCUT2D eigenvalue weighted by atomic mass is 10.4. The number of rotatable bonds is 4. The van der Waals surface area contributed by atoms with Crippen molar-refractivity contribution in [2.24, 2.45) is 5.73 Å². The molecule has 0 amide bonds. The second-order valence-electron chi connectivity index (χ2n) is 2.75. The minimum atomic E-state index is 0.446. The highest BCUT2D eigenvalue weighted by molar-refractivity contribution is 4.96. The smallest absolute Gasteiger partial charge is 0.227 e. The second-order valence-corrected chi connectivity index (χ2v) is 2.75. The topological polar surface area (TPSA) is 91.0 Å². The molecule has 0 aliphatic rings. The summed E-state index contributed by atoms with van der Waals surface area (Å²) in [6.07, 6.45) is 4.13. The van der Waals surface area contributed by atoms with Crippen molar-refractivity contribution in [3.05, 3.63) is 30.1 Å². The standard InChI is InChI=1S/C8H10N4O2/c9-2-1-7-11-6(12-14-7)5-8-10-3-4-13-8/h3-4H,1-2,5,9H2. The van der Waals surface area contributed by atoms with Crippen molar-refractivity contribution in [3.63, 3.8) is 0 Å². The molecule has 0 unspecified atom stereocenters. The van der Waals surface area contributed by atoms with E-state index in [4.69, 9.17) is 14.7 Å². The highest BCUT2D eigenvalue weighted by Crippen LogP contribution is 2.04. The molecule has 0 fully saturated rings. The van der Waals surface area contributed by atoms with Crippen molar-refractivity contribution in [1.82, 2.24) is 15.1 Å².